The summed E-state index contributed by atoms with van der Waals surface area (Å²) in [7, 11) is 1.60. The van der Waals surface area contributed by atoms with Gasteiger partial charge in [0.1, 0.15) is 7.11 Å². The molecule has 8 nitrogen and oxygen atoms in total. The van der Waals surface area contributed by atoms with Gasteiger partial charge in [-0.15, -0.1) is 5.10 Å². The predicted octanol–water partition coefficient (Wildman–Crippen LogP) is 3.16. The second-order valence-corrected chi connectivity index (χ2v) is 9.50. The molecule has 2 aliphatic rings. The number of hydrogen-bond acceptors (Lipinski definition) is 7. The van der Waals surface area contributed by atoms with E-state index < -0.39 is 6.10 Å². The molecule has 1 atom stereocenters. The van der Waals surface area contributed by atoms with Crippen molar-refractivity contribution in [1.82, 2.24) is 15.5 Å². The minimum absolute atomic E-state index is 0.0836. The Balaban J connectivity index is 1.16. The van der Waals surface area contributed by atoms with Crippen molar-refractivity contribution in [3.63, 3.8) is 0 Å². The van der Waals surface area contributed by atoms with Crippen LogP contribution in [0.5, 0.6) is 0 Å². The van der Waals surface area contributed by atoms with E-state index in [0.29, 0.717) is 5.69 Å². The molecule has 1 amide bonds. The van der Waals surface area contributed by atoms with Crippen LogP contribution in [0.1, 0.15) is 47.8 Å². The molecule has 2 N–H and O–H groups in total. The molecule has 0 bridgehead atoms. The highest BCUT2D eigenvalue weighted by atomic mass is 16.6. The number of nitrogens with one attached hydrogen (secondary N) is 1. The van der Waals surface area contributed by atoms with Gasteiger partial charge in [0, 0.05) is 37.0 Å². The summed E-state index contributed by atoms with van der Waals surface area (Å²) in [6.07, 6.45) is 2.28. The lowest BCUT2D eigenvalue weighted by atomic mass is 9.74. The summed E-state index contributed by atoms with van der Waals surface area (Å²) in [5.41, 5.74) is 5.05. The number of oxime groups is 1. The normalized spacial score (nSPS) is 18.2. The number of carbonyl (C=O) groups is 1. The van der Waals surface area contributed by atoms with Gasteiger partial charge in [-0.05, 0) is 36.1 Å². The van der Waals surface area contributed by atoms with E-state index in [1.807, 2.05) is 42.5 Å². The second-order valence-electron chi connectivity index (χ2n) is 9.50. The van der Waals surface area contributed by atoms with Gasteiger partial charge in [-0.3, -0.25) is 4.79 Å². The Labute approximate surface area is 211 Å². The van der Waals surface area contributed by atoms with Crippen LogP contribution in [0.2, 0.25) is 0 Å². The number of fused-ring (bicyclic) bond motifs is 2. The highest BCUT2D eigenvalue weighted by Gasteiger charge is 2.44. The van der Waals surface area contributed by atoms with Crippen molar-refractivity contribution in [3.8, 4) is 0 Å². The average molecular weight is 486 g/mol. The zero-order chi connectivity index (χ0) is 25.0. The van der Waals surface area contributed by atoms with Crippen molar-refractivity contribution < 1.29 is 14.7 Å². The summed E-state index contributed by atoms with van der Waals surface area (Å²) in [6, 6.07) is 21.6. The Morgan fingerprint density at radius 3 is 2.56 bits per heavy atom. The maximum absolute atomic E-state index is 12.3. The molecule has 0 radical (unpaired) electrons. The molecular formula is C28H31N5O3. The van der Waals surface area contributed by atoms with Crippen LogP contribution in [0.4, 0.5) is 5.82 Å². The van der Waals surface area contributed by atoms with Crippen LogP contribution in [0.15, 0.2) is 71.9 Å². The summed E-state index contributed by atoms with van der Waals surface area (Å²) >= 11 is 0. The third kappa shape index (κ3) is 4.95. The molecule has 1 unspecified atom stereocenters. The first kappa shape index (κ1) is 23.9. The fourth-order valence-electron chi connectivity index (χ4n) is 5.36. The summed E-state index contributed by atoms with van der Waals surface area (Å²) in [6.45, 7) is 1.91. The zero-order valence-electron chi connectivity index (χ0n) is 20.4. The van der Waals surface area contributed by atoms with Gasteiger partial charge in [0.25, 0.3) is 0 Å². The zero-order valence-corrected chi connectivity index (χ0v) is 20.4. The molecule has 1 aromatic heterocycles. The molecule has 2 heterocycles. The molecule has 3 aromatic rings. The molecule has 1 aliphatic heterocycles. The number of piperidine rings is 1. The molecule has 1 fully saturated rings. The number of rotatable bonds is 7. The molecule has 1 saturated heterocycles. The van der Waals surface area contributed by atoms with Crippen LogP contribution in [-0.2, 0) is 21.5 Å². The number of carbonyl (C=O) groups excluding carboxylic acids is 1. The minimum Gasteiger partial charge on any atom is -0.399 e. The number of aliphatic hydroxyl groups is 1. The Bertz CT molecular complexity index is 1220. The van der Waals surface area contributed by atoms with Gasteiger partial charge < -0.3 is 20.2 Å². The summed E-state index contributed by atoms with van der Waals surface area (Å²) in [5, 5.41) is 26.0. The number of nitrogens with zero attached hydrogens (tertiary/aromatic N) is 4. The monoisotopic (exact) mass is 485 g/mol. The lowest BCUT2D eigenvalue weighted by Crippen LogP contribution is -2.42. The third-order valence-corrected chi connectivity index (χ3v) is 7.29. The van der Waals surface area contributed by atoms with E-state index >= 15 is 0 Å². The number of aromatic nitrogens is 2. The fraction of sp³-hybridized carbons (Fsp3) is 0.357. The molecule has 8 heteroatoms. The Kier molecular flexibility index (Phi) is 6.95. The van der Waals surface area contributed by atoms with Crippen molar-refractivity contribution in [2.75, 3.05) is 31.6 Å². The highest BCUT2D eigenvalue weighted by molar-refractivity contribution is 6.05. The van der Waals surface area contributed by atoms with Gasteiger partial charge in [0.2, 0.25) is 5.91 Å². The maximum atomic E-state index is 12.3. The number of amides is 1. The summed E-state index contributed by atoms with van der Waals surface area (Å²) in [4.78, 5) is 19.7. The van der Waals surface area contributed by atoms with Crippen molar-refractivity contribution in [3.05, 3.63) is 89.1 Å². The van der Waals surface area contributed by atoms with E-state index in [1.165, 1.54) is 11.1 Å². The van der Waals surface area contributed by atoms with Crippen LogP contribution in [0.25, 0.3) is 0 Å². The molecule has 1 aliphatic carbocycles. The van der Waals surface area contributed by atoms with Gasteiger partial charge in [0.05, 0.1) is 23.9 Å². The number of benzene rings is 2. The number of hydrogen-bond donors (Lipinski definition) is 2. The van der Waals surface area contributed by atoms with Gasteiger partial charge in [-0.25, -0.2) is 0 Å². The molecule has 1 spiro atoms. The quantitative estimate of drug-likeness (QED) is 0.499. The van der Waals surface area contributed by atoms with Crippen LogP contribution in [0.3, 0.4) is 0 Å². The summed E-state index contributed by atoms with van der Waals surface area (Å²) in [5.74, 6) is 0.631. The molecule has 5 rings (SSSR count). The Hall–Kier alpha value is -3.78. The number of aliphatic hydroxyl groups excluding tert-OH is 1. The lowest BCUT2D eigenvalue weighted by molar-refractivity contribution is -0.121. The van der Waals surface area contributed by atoms with Crippen LogP contribution in [-0.4, -0.2) is 53.7 Å². The molecule has 2 aromatic carbocycles. The molecule has 36 heavy (non-hydrogen) atoms. The largest absolute Gasteiger partial charge is 0.399 e. The summed E-state index contributed by atoms with van der Waals surface area (Å²) < 4.78 is 0. The first-order valence-electron chi connectivity index (χ1n) is 12.4. The van der Waals surface area contributed by atoms with Gasteiger partial charge >= 0.3 is 0 Å². The number of anilines is 1. The Morgan fingerprint density at radius 1 is 1.08 bits per heavy atom. The molecular weight excluding hydrogens is 454 g/mol. The standard InChI is InChI=1S/C28H31N5O3/c1-36-32-24-18-28(23-10-6-5-9-22(23)24)13-15-33(16-14-28)26-12-11-21(30-31-26)17-27(35)29-19-25(34)20-7-3-2-4-8-20/h2-12,25,34H,13-19H2,1H3,(H,29,35). The highest BCUT2D eigenvalue weighted by Crippen LogP contribution is 2.46. The third-order valence-electron chi connectivity index (χ3n) is 7.29. The first-order valence-corrected chi connectivity index (χ1v) is 12.4. The van der Waals surface area contributed by atoms with Crippen LogP contribution in [0, 0.1) is 0 Å². The van der Waals surface area contributed by atoms with Crippen molar-refractivity contribution >= 4 is 17.4 Å². The second kappa shape index (κ2) is 10.5. The smallest absolute Gasteiger partial charge is 0.226 e. The van der Waals surface area contributed by atoms with Crippen molar-refractivity contribution in [2.24, 2.45) is 5.16 Å². The van der Waals surface area contributed by atoms with E-state index in [2.05, 4.69) is 49.8 Å². The van der Waals surface area contributed by atoms with E-state index in [9.17, 15) is 9.90 Å². The minimum atomic E-state index is -0.741. The maximum Gasteiger partial charge on any atom is 0.226 e. The van der Waals surface area contributed by atoms with Crippen molar-refractivity contribution in [2.45, 2.75) is 37.2 Å². The predicted molar refractivity (Wildman–Crippen MR) is 138 cm³/mol. The Morgan fingerprint density at radius 2 is 1.83 bits per heavy atom. The molecule has 186 valence electrons. The molecule has 0 saturated carbocycles. The van der Waals surface area contributed by atoms with Crippen LogP contribution >= 0.6 is 0 Å². The van der Waals surface area contributed by atoms with Crippen LogP contribution < -0.4 is 10.2 Å². The average Bonchev–Trinajstić information content (AvgIpc) is 3.22. The first-order chi connectivity index (χ1) is 17.6. The topological polar surface area (TPSA) is 99.9 Å². The lowest BCUT2D eigenvalue weighted by Gasteiger charge is -2.40. The van der Waals surface area contributed by atoms with E-state index in [4.69, 9.17) is 4.84 Å². The van der Waals surface area contributed by atoms with Crippen molar-refractivity contribution in [1.29, 1.82) is 0 Å². The SMILES string of the molecule is CON=C1CC2(CCN(c3ccc(CC(=O)NCC(O)c4ccccc4)nn3)CC2)c2ccccc21. The fourth-order valence-corrected chi connectivity index (χ4v) is 5.36. The van der Waals surface area contributed by atoms with E-state index in [-0.39, 0.29) is 24.3 Å². The van der Waals surface area contributed by atoms with Gasteiger partial charge in [-0.2, -0.15) is 5.10 Å². The van der Waals surface area contributed by atoms with Gasteiger partial charge in [0.15, 0.2) is 5.82 Å². The van der Waals surface area contributed by atoms with Gasteiger partial charge in [-0.1, -0.05) is 59.8 Å². The van der Waals surface area contributed by atoms with E-state index in [0.717, 1.165) is 49.4 Å². The van der Waals surface area contributed by atoms with E-state index in [1.54, 1.807) is 7.11 Å².